The normalized spacial score (nSPS) is 30.5. The van der Waals surface area contributed by atoms with Crippen LogP contribution in [0.5, 0.6) is 11.5 Å². The van der Waals surface area contributed by atoms with Gasteiger partial charge in [0, 0.05) is 18.2 Å². The number of amides is 1. The molecule has 5 aliphatic rings. The maximum atomic E-state index is 14.0. The van der Waals surface area contributed by atoms with Gasteiger partial charge >= 0.3 is 5.97 Å². The third kappa shape index (κ3) is 3.72. The van der Waals surface area contributed by atoms with E-state index in [1.165, 1.54) is 12.8 Å². The smallest absolute Gasteiger partial charge is 0.308 e. The predicted molar refractivity (Wildman–Crippen MR) is 147 cm³/mol. The zero-order chi connectivity index (χ0) is 27.6. The van der Waals surface area contributed by atoms with Crippen molar-refractivity contribution in [3.8, 4) is 11.5 Å². The molecule has 210 valence electrons. The highest BCUT2D eigenvalue weighted by Gasteiger charge is 2.72. The molecule has 2 aromatic rings. The number of phenols is 1. The summed E-state index contributed by atoms with van der Waals surface area (Å²) in [7, 11) is 0. The molecule has 2 bridgehead atoms. The highest BCUT2D eigenvalue weighted by Crippen LogP contribution is 2.65. The van der Waals surface area contributed by atoms with Gasteiger partial charge in [-0.05, 0) is 68.7 Å². The van der Waals surface area contributed by atoms with Crippen molar-refractivity contribution in [3.05, 3.63) is 70.8 Å². The molecule has 0 radical (unpaired) electrons. The predicted octanol–water partition coefficient (Wildman–Crippen LogP) is 3.30. The van der Waals surface area contributed by atoms with Gasteiger partial charge in [-0.25, -0.2) is 0 Å². The molecule has 3 aliphatic carbocycles. The van der Waals surface area contributed by atoms with Crippen molar-refractivity contribution < 1.29 is 29.3 Å². The number of esters is 1. The van der Waals surface area contributed by atoms with Gasteiger partial charge in [-0.2, -0.15) is 0 Å². The van der Waals surface area contributed by atoms with E-state index in [9.17, 15) is 19.8 Å². The van der Waals surface area contributed by atoms with Crippen molar-refractivity contribution in [2.24, 2.45) is 5.92 Å². The largest absolute Gasteiger partial charge is 0.504 e. The molecule has 1 amide bonds. The van der Waals surface area contributed by atoms with Crippen molar-refractivity contribution >= 4 is 11.9 Å². The molecular weight excluding hydrogens is 508 g/mol. The number of carbonyl (C=O) groups excluding carboxylic acids is 2. The minimum atomic E-state index is -1.12. The van der Waals surface area contributed by atoms with Crippen molar-refractivity contribution in [3.63, 3.8) is 0 Å². The Morgan fingerprint density at radius 1 is 1.20 bits per heavy atom. The number of carbonyl (C=O) groups is 2. The van der Waals surface area contributed by atoms with Gasteiger partial charge in [-0.1, -0.05) is 42.5 Å². The van der Waals surface area contributed by atoms with Crippen LogP contribution in [0.25, 0.3) is 0 Å². The van der Waals surface area contributed by atoms with Gasteiger partial charge in [0.25, 0.3) is 5.91 Å². The molecule has 3 N–H and O–H groups in total. The lowest BCUT2D eigenvalue weighted by atomic mass is 9.49. The third-order valence-electron chi connectivity index (χ3n) is 9.87. The van der Waals surface area contributed by atoms with Crippen molar-refractivity contribution in [2.75, 3.05) is 19.7 Å². The number of phenolic OH excluding ortho intramolecular Hbond substituents is 1. The number of hydrogen-bond donors (Lipinski definition) is 3. The summed E-state index contributed by atoms with van der Waals surface area (Å²) in [6, 6.07) is 12.3. The van der Waals surface area contributed by atoms with Crippen LogP contribution in [0.4, 0.5) is 0 Å². The zero-order valence-electron chi connectivity index (χ0n) is 22.8. The Balaban J connectivity index is 1.26. The number of ether oxygens (including phenoxy) is 2. The lowest BCUT2D eigenvalue weighted by Gasteiger charge is -2.62. The van der Waals surface area contributed by atoms with Crippen molar-refractivity contribution in [2.45, 2.75) is 74.7 Å². The summed E-state index contributed by atoms with van der Waals surface area (Å²) in [5, 5.41) is 26.5. The van der Waals surface area contributed by atoms with Crippen LogP contribution in [0.2, 0.25) is 0 Å². The molecule has 2 fully saturated rings. The second-order valence-electron chi connectivity index (χ2n) is 12.1. The van der Waals surface area contributed by atoms with Gasteiger partial charge in [0.15, 0.2) is 11.5 Å². The number of aromatic hydroxyl groups is 1. The summed E-state index contributed by atoms with van der Waals surface area (Å²) in [5.41, 5.74) is 1.24. The molecular formula is C32H36N2O6. The first kappa shape index (κ1) is 25.6. The molecule has 1 saturated heterocycles. The maximum Gasteiger partial charge on any atom is 0.308 e. The van der Waals surface area contributed by atoms with E-state index in [0.717, 1.165) is 29.8 Å². The van der Waals surface area contributed by atoms with E-state index in [1.54, 1.807) is 13.0 Å². The molecule has 2 aliphatic heterocycles. The number of piperidine rings is 1. The molecule has 8 heteroatoms. The van der Waals surface area contributed by atoms with Gasteiger partial charge in [0.2, 0.25) is 0 Å². The Labute approximate surface area is 234 Å². The van der Waals surface area contributed by atoms with E-state index in [2.05, 4.69) is 10.2 Å². The van der Waals surface area contributed by atoms with Crippen LogP contribution in [0, 0.1) is 5.92 Å². The van der Waals surface area contributed by atoms with Gasteiger partial charge < -0.3 is 25.0 Å². The van der Waals surface area contributed by atoms with E-state index < -0.39 is 23.2 Å². The van der Waals surface area contributed by atoms with Gasteiger partial charge in [0.1, 0.15) is 6.10 Å². The minimum absolute atomic E-state index is 0.000833. The topological polar surface area (TPSA) is 108 Å². The van der Waals surface area contributed by atoms with Gasteiger partial charge in [-0.3, -0.25) is 14.5 Å². The average Bonchev–Trinajstić information content (AvgIpc) is 3.69. The summed E-state index contributed by atoms with van der Waals surface area (Å²) < 4.78 is 11.7. The van der Waals surface area contributed by atoms with Crippen molar-refractivity contribution in [1.29, 1.82) is 0 Å². The van der Waals surface area contributed by atoms with E-state index >= 15 is 0 Å². The Morgan fingerprint density at radius 3 is 2.75 bits per heavy atom. The van der Waals surface area contributed by atoms with Gasteiger partial charge in [0.05, 0.1) is 35.7 Å². The number of likely N-dealkylation sites (tertiary alicyclic amines) is 1. The Morgan fingerprint density at radius 2 is 2.00 bits per heavy atom. The highest BCUT2D eigenvalue weighted by atomic mass is 16.5. The highest BCUT2D eigenvalue weighted by molar-refractivity contribution is 5.96. The summed E-state index contributed by atoms with van der Waals surface area (Å²) in [5.74, 6) is 0.394. The SMILES string of the molecule is CCOC(=O)C[C@H](NC(=O)C1=CC[C@@]2(O)[C@H]3Cc4ccc(O)c5c4[C@@]2(CCN3CC2CC2)[C@H]1O5)c1ccccc1. The van der Waals surface area contributed by atoms with Crippen LogP contribution in [0.1, 0.15) is 61.8 Å². The van der Waals surface area contributed by atoms with Crippen LogP contribution in [-0.2, 0) is 26.2 Å². The van der Waals surface area contributed by atoms with E-state index in [-0.39, 0.29) is 36.7 Å². The van der Waals surface area contributed by atoms with E-state index in [0.29, 0.717) is 36.5 Å². The number of hydrogen-bond acceptors (Lipinski definition) is 7. The van der Waals surface area contributed by atoms with Crippen LogP contribution in [0.3, 0.4) is 0 Å². The Hall–Kier alpha value is -3.36. The van der Waals surface area contributed by atoms with Crippen LogP contribution < -0.4 is 10.1 Å². The van der Waals surface area contributed by atoms with Crippen LogP contribution >= 0.6 is 0 Å². The quantitative estimate of drug-likeness (QED) is 0.438. The second-order valence-corrected chi connectivity index (χ2v) is 12.1. The average molecular weight is 545 g/mol. The summed E-state index contributed by atoms with van der Waals surface area (Å²) >= 11 is 0. The molecule has 0 aromatic heterocycles. The molecule has 1 spiro atoms. The summed E-state index contributed by atoms with van der Waals surface area (Å²) in [6.07, 6.45) is 5.22. The minimum Gasteiger partial charge on any atom is -0.504 e. The fraction of sp³-hybridized carbons (Fsp3) is 0.500. The monoisotopic (exact) mass is 544 g/mol. The number of nitrogens with zero attached hydrogens (tertiary/aromatic N) is 1. The lowest BCUT2D eigenvalue weighted by Crippen LogP contribution is -2.75. The first-order valence-electron chi connectivity index (χ1n) is 14.6. The molecule has 0 unspecified atom stereocenters. The summed E-state index contributed by atoms with van der Waals surface area (Å²) in [6.45, 7) is 3.81. The van der Waals surface area contributed by atoms with E-state index in [1.807, 2.05) is 42.5 Å². The molecule has 40 heavy (non-hydrogen) atoms. The molecule has 2 aromatic carbocycles. The number of aliphatic hydroxyl groups is 1. The van der Waals surface area contributed by atoms with Gasteiger partial charge in [-0.15, -0.1) is 0 Å². The maximum absolute atomic E-state index is 14.0. The van der Waals surface area contributed by atoms with E-state index in [4.69, 9.17) is 9.47 Å². The molecule has 1 saturated carbocycles. The first-order valence-corrected chi connectivity index (χ1v) is 14.6. The standard InChI is InChI=1S/C32H36N2O6/c1-2-39-26(36)17-23(20-6-4-3-5-7-20)33-30(37)22-12-13-32(38)25-16-21-10-11-24(35)28-27(21)31(32,29(22)40-28)14-15-34(25)18-19-8-9-19/h3-7,10-12,19,23,25,29,35,38H,2,8-9,13-18H2,1H3,(H,33,37)/t23-,25+,29-,31-,32+/m0/s1. The number of benzene rings is 2. The van der Waals surface area contributed by atoms with Crippen LogP contribution in [-0.4, -0.2) is 64.4 Å². The second kappa shape index (κ2) is 9.35. The number of nitrogens with one attached hydrogen (secondary N) is 1. The van der Waals surface area contributed by atoms with Crippen LogP contribution in [0.15, 0.2) is 54.1 Å². The van der Waals surface area contributed by atoms with Crippen molar-refractivity contribution in [1.82, 2.24) is 10.2 Å². The fourth-order valence-corrected chi connectivity index (χ4v) is 7.89. The molecule has 5 atom stereocenters. The zero-order valence-corrected chi connectivity index (χ0v) is 22.8. The first-order chi connectivity index (χ1) is 19.4. The third-order valence-corrected chi connectivity index (χ3v) is 9.87. The molecule has 7 rings (SSSR count). The summed E-state index contributed by atoms with van der Waals surface area (Å²) in [4.78, 5) is 28.9. The number of rotatable bonds is 8. The molecule has 2 heterocycles. The molecule has 8 nitrogen and oxygen atoms in total. The lowest BCUT2D eigenvalue weighted by molar-refractivity contribution is -0.165. The Bertz CT molecular complexity index is 1390. The fourth-order valence-electron chi connectivity index (χ4n) is 7.89. The Kier molecular flexibility index (Phi) is 5.98.